The van der Waals surface area contributed by atoms with Crippen LogP contribution in [0.15, 0.2) is 35.2 Å². The molecular formula is C21H16ClNO8S. The van der Waals surface area contributed by atoms with Crippen LogP contribution in [0.3, 0.4) is 0 Å². The molecule has 0 saturated carbocycles. The Morgan fingerprint density at radius 1 is 1.28 bits per heavy atom. The van der Waals surface area contributed by atoms with Crippen LogP contribution in [0, 0.1) is 0 Å². The first-order chi connectivity index (χ1) is 15.4. The zero-order valence-corrected chi connectivity index (χ0v) is 18.2. The summed E-state index contributed by atoms with van der Waals surface area (Å²) in [6.07, 6.45) is 1.46. The van der Waals surface area contributed by atoms with Crippen molar-refractivity contribution in [2.75, 3.05) is 20.5 Å². The number of methoxy groups -OCH3 is 1. The van der Waals surface area contributed by atoms with Crippen molar-refractivity contribution in [2.24, 2.45) is 0 Å². The number of carbonyl (C=O) groups is 3. The van der Waals surface area contributed by atoms with Gasteiger partial charge in [-0.2, -0.15) is 0 Å². The van der Waals surface area contributed by atoms with E-state index in [9.17, 15) is 14.4 Å². The molecule has 0 spiro atoms. The van der Waals surface area contributed by atoms with Gasteiger partial charge >= 0.3 is 5.97 Å². The Hall–Kier alpha value is -3.37. The number of imide groups is 1. The van der Waals surface area contributed by atoms with Crippen LogP contribution in [0.2, 0.25) is 5.02 Å². The molecule has 9 nitrogen and oxygen atoms in total. The quantitative estimate of drug-likeness (QED) is 0.595. The number of fused-ring (bicyclic) bond motifs is 1. The minimum atomic E-state index is -1.16. The monoisotopic (exact) mass is 477 g/mol. The van der Waals surface area contributed by atoms with Gasteiger partial charge in [-0.3, -0.25) is 14.5 Å². The van der Waals surface area contributed by atoms with E-state index in [-0.39, 0.29) is 24.0 Å². The van der Waals surface area contributed by atoms with Gasteiger partial charge in [-0.25, -0.2) is 4.79 Å². The molecule has 2 heterocycles. The van der Waals surface area contributed by atoms with Crippen LogP contribution in [0.25, 0.3) is 6.08 Å². The van der Waals surface area contributed by atoms with Gasteiger partial charge in [-0.05, 0) is 35.5 Å². The average Bonchev–Trinajstić information content (AvgIpc) is 3.31. The summed E-state index contributed by atoms with van der Waals surface area (Å²) in [6, 6.07) is 8.10. The first-order valence-corrected chi connectivity index (χ1v) is 10.4. The molecule has 0 atom stereocenters. The van der Waals surface area contributed by atoms with Gasteiger partial charge in [0, 0.05) is 16.7 Å². The molecule has 2 aromatic rings. The second-order valence-electron chi connectivity index (χ2n) is 6.63. The Balaban J connectivity index is 1.60. The second kappa shape index (κ2) is 9.01. The summed E-state index contributed by atoms with van der Waals surface area (Å²) in [7, 11) is 1.41. The fraction of sp³-hybridized carbons (Fsp3) is 0.190. The van der Waals surface area contributed by atoms with Crippen molar-refractivity contribution >= 4 is 46.6 Å². The third-order valence-corrected chi connectivity index (χ3v) is 5.86. The number of hydrogen-bond acceptors (Lipinski definition) is 8. The summed E-state index contributed by atoms with van der Waals surface area (Å²) in [5.41, 5.74) is 0.934. The van der Waals surface area contributed by atoms with Crippen molar-refractivity contribution in [1.82, 2.24) is 4.90 Å². The van der Waals surface area contributed by atoms with Crippen molar-refractivity contribution in [1.29, 1.82) is 0 Å². The molecule has 32 heavy (non-hydrogen) atoms. The van der Waals surface area contributed by atoms with Crippen molar-refractivity contribution in [3.05, 3.63) is 51.4 Å². The first kappa shape index (κ1) is 21.8. The van der Waals surface area contributed by atoms with Gasteiger partial charge in [0.05, 0.1) is 18.6 Å². The number of para-hydroxylation sites is 1. The number of hydrogen-bond donors (Lipinski definition) is 1. The van der Waals surface area contributed by atoms with Crippen LogP contribution in [0.1, 0.15) is 11.1 Å². The van der Waals surface area contributed by atoms with Crippen LogP contribution >= 0.6 is 23.4 Å². The molecule has 1 saturated heterocycles. The Labute approximate surface area is 191 Å². The van der Waals surface area contributed by atoms with Crippen molar-refractivity contribution < 1.29 is 38.4 Å². The van der Waals surface area contributed by atoms with E-state index in [1.807, 2.05) is 0 Å². The van der Waals surface area contributed by atoms with E-state index >= 15 is 0 Å². The van der Waals surface area contributed by atoms with E-state index < -0.39 is 23.7 Å². The van der Waals surface area contributed by atoms with Crippen LogP contribution in [-0.4, -0.2) is 47.6 Å². The fourth-order valence-corrected chi connectivity index (χ4v) is 4.17. The molecule has 0 radical (unpaired) electrons. The Kier molecular flexibility index (Phi) is 6.15. The van der Waals surface area contributed by atoms with Crippen LogP contribution in [0.4, 0.5) is 4.79 Å². The molecule has 0 unspecified atom stereocenters. The predicted octanol–water partition coefficient (Wildman–Crippen LogP) is 3.78. The summed E-state index contributed by atoms with van der Waals surface area (Å²) in [5.74, 6) is -0.235. The maximum Gasteiger partial charge on any atom is 0.341 e. The van der Waals surface area contributed by atoms with Crippen molar-refractivity contribution in [3.63, 3.8) is 0 Å². The molecule has 1 N–H and O–H groups in total. The minimum Gasteiger partial charge on any atom is -0.493 e. The molecule has 2 aliphatic rings. The smallest absolute Gasteiger partial charge is 0.341 e. The lowest BCUT2D eigenvalue weighted by molar-refractivity contribution is -0.139. The maximum atomic E-state index is 13.0. The normalized spacial score (nSPS) is 16.1. The van der Waals surface area contributed by atoms with Gasteiger partial charge < -0.3 is 24.1 Å². The third-order valence-electron chi connectivity index (χ3n) is 4.60. The predicted molar refractivity (Wildman–Crippen MR) is 115 cm³/mol. The van der Waals surface area contributed by atoms with Crippen molar-refractivity contribution in [3.8, 4) is 23.0 Å². The molecule has 0 aromatic heterocycles. The minimum absolute atomic E-state index is 0.0437. The van der Waals surface area contributed by atoms with E-state index in [4.69, 9.17) is 35.7 Å². The highest BCUT2D eigenvalue weighted by molar-refractivity contribution is 8.18. The number of rotatable bonds is 7. The molecule has 2 aliphatic heterocycles. The largest absolute Gasteiger partial charge is 0.493 e. The molecule has 11 heteroatoms. The molecule has 4 rings (SSSR count). The number of carboxylic acids is 1. The van der Waals surface area contributed by atoms with E-state index in [1.54, 1.807) is 30.3 Å². The topological polar surface area (TPSA) is 112 Å². The molecular weight excluding hydrogens is 462 g/mol. The number of amides is 2. The number of benzene rings is 2. The summed E-state index contributed by atoms with van der Waals surface area (Å²) in [5, 5.41) is 8.80. The summed E-state index contributed by atoms with van der Waals surface area (Å²) < 4.78 is 21.2. The van der Waals surface area contributed by atoms with Gasteiger partial charge in [0.1, 0.15) is 0 Å². The number of nitrogens with zero attached hydrogens (tertiary/aromatic N) is 1. The highest BCUT2D eigenvalue weighted by Crippen LogP contribution is 2.40. The average molecular weight is 478 g/mol. The summed E-state index contributed by atoms with van der Waals surface area (Å²) in [4.78, 5) is 37.6. The number of thioether (sulfide) groups is 1. The summed E-state index contributed by atoms with van der Waals surface area (Å²) in [6.45, 7) is -0.560. The lowest BCUT2D eigenvalue weighted by Crippen LogP contribution is -2.27. The number of ether oxygens (including phenoxy) is 4. The summed E-state index contributed by atoms with van der Waals surface area (Å²) >= 11 is 7.04. The van der Waals surface area contributed by atoms with Gasteiger partial charge in [-0.1, -0.05) is 23.7 Å². The molecule has 2 aromatic carbocycles. The Morgan fingerprint density at radius 3 is 2.75 bits per heavy atom. The number of carbonyl (C=O) groups excluding carboxylic acids is 2. The lowest BCUT2D eigenvalue weighted by atomic mass is 10.1. The number of halogens is 1. The van der Waals surface area contributed by atoms with Crippen LogP contribution in [0.5, 0.6) is 23.0 Å². The van der Waals surface area contributed by atoms with E-state index in [0.717, 1.165) is 16.7 Å². The highest BCUT2D eigenvalue weighted by atomic mass is 35.5. The Morgan fingerprint density at radius 2 is 2.03 bits per heavy atom. The fourth-order valence-electron chi connectivity index (χ4n) is 3.12. The van der Waals surface area contributed by atoms with Gasteiger partial charge in [-0.15, -0.1) is 0 Å². The van der Waals surface area contributed by atoms with E-state index in [1.165, 1.54) is 13.2 Å². The first-order valence-electron chi connectivity index (χ1n) is 9.22. The third kappa shape index (κ3) is 4.32. The van der Waals surface area contributed by atoms with Gasteiger partial charge in [0.15, 0.2) is 29.6 Å². The second-order valence-corrected chi connectivity index (χ2v) is 8.03. The number of carboxylic acid groups (broad SMARTS) is 1. The SMILES string of the molecule is COc1cccc(C=C2SC(=O)N(Cc3cc4c(cc3Cl)OCO4)C2=O)c1OCC(=O)O. The Bertz CT molecular complexity index is 1150. The molecule has 166 valence electrons. The zero-order chi connectivity index (χ0) is 22.8. The number of aliphatic carboxylic acids is 1. The van der Waals surface area contributed by atoms with Crippen LogP contribution in [-0.2, 0) is 16.1 Å². The molecule has 2 amide bonds. The zero-order valence-electron chi connectivity index (χ0n) is 16.6. The molecule has 0 aliphatic carbocycles. The van der Waals surface area contributed by atoms with E-state index in [0.29, 0.717) is 33.4 Å². The van der Waals surface area contributed by atoms with Crippen molar-refractivity contribution in [2.45, 2.75) is 6.54 Å². The van der Waals surface area contributed by atoms with E-state index in [2.05, 4.69) is 0 Å². The molecule has 1 fully saturated rings. The highest BCUT2D eigenvalue weighted by Gasteiger charge is 2.36. The lowest BCUT2D eigenvalue weighted by Gasteiger charge is -2.14. The van der Waals surface area contributed by atoms with Gasteiger partial charge in [0.25, 0.3) is 11.1 Å². The van der Waals surface area contributed by atoms with Crippen LogP contribution < -0.4 is 18.9 Å². The maximum absolute atomic E-state index is 13.0. The standard InChI is InChI=1S/C21H16ClNO8S/c1-28-14-4-2-3-11(19(14)29-9-18(24)25)6-17-20(26)23(21(27)32-17)8-12-5-15-16(7-13(12)22)31-10-30-15/h2-7H,8-10H2,1H3,(H,24,25). The molecule has 0 bridgehead atoms. The van der Waals surface area contributed by atoms with Gasteiger partial charge in [0.2, 0.25) is 6.79 Å².